The van der Waals surface area contributed by atoms with Crippen LogP contribution in [0.4, 0.5) is 10.5 Å². The highest BCUT2D eigenvalue weighted by molar-refractivity contribution is 5.95. The van der Waals surface area contributed by atoms with Crippen LogP contribution < -0.4 is 16.0 Å². The van der Waals surface area contributed by atoms with E-state index in [1.165, 1.54) is 0 Å². The summed E-state index contributed by atoms with van der Waals surface area (Å²) in [6.45, 7) is 4.67. The summed E-state index contributed by atoms with van der Waals surface area (Å²) in [6.07, 6.45) is 1.81. The van der Waals surface area contributed by atoms with E-state index >= 15 is 0 Å². The molecule has 1 saturated heterocycles. The highest BCUT2D eigenvalue weighted by atomic mass is 16.6. The van der Waals surface area contributed by atoms with Crippen molar-refractivity contribution in [2.75, 3.05) is 44.6 Å². The first-order valence-corrected chi connectivity index (χ1v) is 15.2. The van der Waals surface area contributed by atoms with E-state index in [2.05, 4.69) is 20.9 Å². The summed E-state index contributed by atoms with van der Waals surface area (Å²) in [7, 11) is 0. The Morgan fingerprint density at radius 3 is 2.41 bits per heavy atom. The zero-order chi connectivity index (χ0) is 30.6. The van der Waals surface area contributed by atoms with Crippen LogP contribution in [0.1, 0.15) is 34.7 Å². The number of piperidine rings is 1. The predicted octanol–water partition coefficient (Wildman–Crippen LogP) is 5.47. The smallest absolute Gasteiger partial charge is 0.411 e. The second-order valence-electron chi connectivity index (χ2n) is 10.9. The van der Waals surface area contributed by atoms with Crippen molar-refractivity contribution in [2.45, 2.75) is 31.9 Å². The monoisotopic (exact) mass is 596 g/mol. The molecular formula is C35H40N4O5. The first kappa shape index (κ1) is 31.0. The lowest BCUT2D eigenvalue weighted by Gasteiger charge is -2.31. The number of ether oxygens (including phenoxy) is 1. The van der Waals surface area contributed by atoms with E-state index in [1.807, 2.05) is 72.8 Å². The molecule has 0 saturated carbocycles. The van der Waals surface area contributed by atoms with Crippen LogP contribution in [0.2, 0.25) is 0 Å². The summed E-state index contributed by atoms with van der Waals surface area (Å²) >= 11 is 0. The van der Waals surface area contributed by atoms with Gasteiger partial charge in [0.15, 0.2) is 5.76 Å². The molecule has 0 spiro atoms. The lowest BCUT2D eigenvalue weighted by atomic mass is 10.0. The number of hydrogen-bond donors (Lipinski definition) is 4. The van der Waals surface area contributed by atoms with Crippen LogP contribution in [0.15, 0.2) is 95.4 Å². The van der Waals surface area contributed by atoms with E-state index in [1.54, 1.807) is 18.2 Å². The number of amides is 1. The number of likely N-dealkylation sites (tertiary alicyclic amines) is 1. The van der Waals surface area contributed by atoms with Gasteiger partial charge in [-0.15, -0.1) is 0 Å². The molecule has 44 heavy (non-hydrogen) atoms. The van der Waals surface area contributed by atoms with Crippen molar-refractivity contribution in [1.29, 1.82) is 0 Å². The van der Waals surface area contributed by atoms with E-state index in [-0.39, 0.29) is 24.2 Å². The fourth-order valence-corrected chi connectivity index (χ4v) is 5.26. The van der Waals surface area contributed by atoms with Gasteiger partial charge in [-0.1, -0.05) is 60.7 Å². The van der Waals surface area contributed by atoms with Crippen LogP contribution in [0, 0.1) is 0 Å². The maximum Gasteiger partial charge on any atom is 0.411 e. The first-order valence-electron chi connectivity index (χ1n) is 15.2. The van der Waals surface area contributed by atoms with Crippen LogP contribution in [0.5, 0.6) is 5.75 Å². The molecule has 1 aliphatic rings. The van der Waals surface area contributed by atoms with Gasteiger partial charge < -0.3 is 29.8 Å². The Kier molecular flexibility index (Phi) is 11.2. The Morgan fingerprint density at radius 2 is 1.61 bits per heavy atom. The third-order valence-corrected chi connectivity index (χ3v) is 7.71. The number of rotatable bonds is 14. The van der Waals surface area contributed by atoms with Crippen molar-refractivity contribution >= 4 is 17.6 Å². The molecular weight excluding hydrogens is 556 g/mol. The Balaban J connectivity index is 0.943. The summed E-state index contributed by atoms with van der Waals surface area (Å²) in [5.41, 5.74) is 3.85. The number of phenolic OH excluding ortho intramolecular Hbond substituents is 1. The number of furan rings is 1. The molecule has 4 aromatic rings. The second-order valence-corrected chi connectivity index (χ2v) is 10.9. The van der Waals surface area contributed by atoms with Gasteiger partial charge in [0.2, 0.25) is 5.78 Å². The number of para-hydroxylation sites is 1. The van der Waals surface area contributed by atoms with Crippen molar-refractivity contribution in [1.82, 2.24) is 15.5 Å². The summed E-state index contributed by atoms with van der Waals surface area (Å²) < 4.78 is 11.5. The number of ketones is 1. The standard InChI is InChI=1S/C35H40N4O5/c40-28-12-10-26(11-13-28)16-19-36-24-30-14-15-34(43-30)33(41)25-37-20-23-39-21-17-29(18-22-39)44-35(42)38-32-9-5-4-8-31(32)27-6-2-1-3-7-27/h1-15,29,36-37,40H,16-25H2,(H,38,42). The fourth-order valence-electron chi connectivity index (χ4n) is 5.26. The average Bonchev–Trinajstić information content (AvgIpc) is 3.53. The van der Waals surface area contributed by atoms with E-state index in [0.29, 0.717) is 18.8 Å². The number of Topliss-reactive ketones (excluding diaryl/α,β-unsaturated/α-hetero) is 1. The Labute approximate surface area is 258 Å². The molecule has 0 atom stereocenters. The molecule has 0 aliphatic carbocycles. The van der Waals surface area contributed by atoms with Crippen molar-refractivity contribution < 1.29 is 23.8 Å². The SMILES string of the molecule is O=C(Nc1ccccc1-c1ccccc1)OC1CCN(CCNCC(=O)c2ccc(CNCCc3ccc(O)cc3)o2)CC1. The zero-order valence-electron chi connectivity index (χ0n) is 24.8. The summed E-state index contributed by atoms with van der Waals surface area (Å²) in [5, 5.41) is 18.8. The minimum atomic E-state index is -0.432. The average molecular weight is 597 g/mol. The number of nitrogens with one attached hydrogen (secondary N) is 3. The van der Waals surface area contributed by atoms with Gasteiger partial charge in [-0.05, 0) is 67.3 Å². The summed E-state index contributed by atoms with van der Waals surface area (Å²) in [4.78, 5) is 27.5. The minimum absolute atomic E-state index is 0.0766. The van der Waals surface area contributed by atoms with Gasteiger partial charge in [0.1, 0.15) is 17.6 Å². The molecule has 3 aromatic carbocycles. The molecule has 1 fully saturated rings. The Hall–Kier alpha value is -4.44. The van der Waals surface area contributed by atoms with Crippen molar-refractivity contribution in [2.24, 2.45) is 0 Å². The zero-order valence-corrected chi connectivity index (χ0v) is 24.8. The van der Waals surface area contributed by atoms with Gasteiger partial charge >= 0.3 is 6.09 Å². The number of anilines is 1. The number of carbonyl (C=O) groups excluding carboxylic acids is 2. The van der Waals surface area contributed by atoms with Crippen LogP contribution in [0.25, 0.3) is 11.1 Å². The van der Waals surface area contributed by atoms with Gasteiger partial charge in [0, 0.05) is 31.7 Å². The van der Waals surface area contributed by atoms with Crippen molar-refractivity contribution in [3.63, 3.8) is 0 Å². The van der Waals surface area contributed by atoms with Crippen LogP contribution in [0.3, 0.4) is 0 Å². The van der Waals surface area contributed by atoms with Crippen LogP contribution in [-0.4, -0.2) is 67.3 Å². The van der Waals surface area contributed by atoms with E-state index in [9.17, 15) is 14.7 Å². The lowest BCUT2D eigenvalue weighted by Crippen LogP contribution is -2.42. The van der Waals surface area contributed by atoms with Crippen LogP contribution >= 0.6 is 0 Å². The molecule has 0 unspecified atom stereocenters. The fraction of sp³-hybridized carbons (Fsp3) is 0.314. The lowest BCUT2D eigenvalue weighted by molar-refractivity contribution is 0.0593. The molecule has 0 radical (unpaired) electrons. The number of hydrogen-bond acceptors (Lipinski definition) is 8. The number of benzene rings is 3. The highest BCUT2D eigenvalue weighted by Gasteiger charge is 2.22. The number of aromatic hydroxyl groups is 1. The van der Waals surface area contributed by atoms with Gasteiger partial charge in [-0.2, -0.15) is 0 Å². The first-order chi connectivity index (χ1) is 21.5. The summed E-state index contributed by atoms with van der Waals surface area (Å²) in [6, 6.07) is 28.4. The molecule has 5 rings (SSSR count). The number of nitrogens with zero attached hydrogens (tertiary/aromatic N) is 1. The quantitative estimate of drug-likeness (QED) is 0.112. The van der Waals surface area contributed by atoms with Gasteiger partial charge in [-0.3, -0.25) is 10.1 Å². The van der Waals surface area contributed by atoms with Gasteiger partial charge in [0.25, 0.3) is 0 Å². The topological polar surface area (TPSA) is 116 Å². The normalized spacial score (nSPS) is 13.9. The third kappa shape index (κ3) is 9.28. The molecule has 1 aromatic heterocycles. The maximum absolute atomic E-state index is 12.7. The van der Waals surface area contributed by atoms with Crippen molar-refractivity contribution in [3.05, 3.63) is 108 Å². The highest BCUT2D eigenvalue weighted by Crippen LogP contribution is 2.28. The number of phenols is 1. The molecule has 230 valence electrons. The van der Waals surface area contributed by atoms with Gasteiger partial charge in [0.05, 0.1) is 18.8 Å². The van der Waals surface area contributed by atoms with Gasteiger partial charge in [-0.25, -0.2) is 4.79 Å². The number of carbonyl (C=O) groups is 2. The second kappa shape index (κ2) is 15.9. The molecule has 1 aliphatic heterocycles. The molecule has 9 heteroatoms. The predicted molar refractivity (Wildman–Crippen MR) is 171 cm³/mol. The van der Waals surface area contributed by atoms with Crippen molar-refractivity contribution in [3.8, 4) is 16.9 Å². The van der Waals surface area contributed by atoms with E-state index in [4.69, 9.17) is 9.15 Å². The molecule has 1 amide bonds. The molecule has 9 nitrogen and oxygen atoms in total. The largest absolute Gasteiger partial charge is 0.508 e. The minimum Gasteiger partial charge on any atom is -0.508 e. The Bertz CT molecular complexity index is 1480. The molecule has 0 bridgehead atoms. The maximum atomic E-state index is 12.7. The van der Waals surface area contributed by atoms with E-state index in [0.717, 1.165) is 73.6 Å². The molecule has 4 N–H and O–H groups in total. The summed E-state index contributed by atoms with van der Waals surface area (Å²) in [5.74, 6) is 1.26. The third-order valence-electron chi connectivity index (χ3n) is 7.71. The van der Waals surface area contributed by atoms with E-state index < -0.39 is 6.09 Å². The Morgan fingerprint density at radius 1 is 0.864 bits per heavy atom. The van der Waals surface area contributed by atoms with Crippen LogP contribution in [-0.2, 0) is 17.7 Å². The molecule has 2 heterocycles.